The molecule has 1 aromatic heterocycles. The summed E-state index contributed by atoms with van der Waals surface area (Å²) in [5, 5.41) is 8.89. The van der Waals surface area contributed by atoms with E-state index in [4.69, 9.17) is 20.9 Å². The smallest absolute Gasteiger partial charge is 0.397 e. The standard InChI is InChI=1S/C23H21ClN4O6S2/c1-2-28(11-12-34-36(30,31)32)17-9-7-16(8-10-17)26-27-23-25-22(24)20(35-23)13-15-14-33-19-6-4-3-5-18(19)21(15)29/h3-10,13H,2,11-12,14H2,1H3,(H,30,31,32)/b15-13-,27-26?. The number of hydrogen-bond donors (Lipinski definition) is 1. The SMILES string of the molecule is CCN(CCOS(=O)(=O)O)c1ccc(N=Nc2nc(Cl)c(/C=C3/COc4ccccc4C3=O)s2)cc1. The Hall–Kier alpha value is -3.16. The minimum absolute atomic E-state index is 0.116. The van der Waals surface area contributed by atoms with Crippen LogP contribution in [-0.4, -0.2) is 50.0 Å². The van der Waals surface area contributed by atoms with Crippen molar-refractivity contribution in [1.29, 1.82) is 0 Å². The summed E-state index contributed by atoms with van der Waals surface area (Å²) in [5.74, 6) is 0.444. The van der Waals surface area contributed by atoms with E-state index in [2.05, 4.69) is 19.4 Å². The molecule has 0 unspecified atom stereocenters. The molecule has 13 heteroatoms. The Morgan fingerprint density at radius 3 is 2.69 bits per heavy atom. The van der Waals surface area contributed by atoms with Gasteiger partial charge in [0.2, 0.25) is 5.13 Å². The first-order chi connectivity index (χ1) is 17.2. The number of para-hydroxylation sites is 1. The number of Topliss-reactive ketones (excluding diaryl/α,β-unsaturated/α-hetero) is 1. The van der Waals surface area contributed by atoms with Gasteiger partial charge in [-0.1, -0.05) is 35.1 Å². The fourth-order valence-corrected chi connectivity index (χ4v) is 4.76. The Morgan fingerprint density at radius 2 is 1.97 bits per heavy atom. The van der Waals surface area contributed by atoms with Crippen LogP contribution in [-0.2, 0) is 14.6 Å². The van der Waals surface area contributed by atoms with Crippen molar-refractivity contribution in [3.63, 3.8) is 0 Å². The van der Waals surface area contributed by atoms with Crippen LogP contribution < -0.4 is 9.64 Å². The number of fused-ring (bicyclic) bond motifs is 1. The number of azo groups is 1. The van der Waals surface area contributed by atoms with Crippen molar-refractivity contribution in [3.8, 4) is 5.75 Å². The van der Waals surface area contributed by atoms with Gasteiger partial charge in [0.05, 0.1) is 22.7 Å². The predicted octanol–water partition coefficient (Wildman–Crippen LogP) is 5.52. The van der Waals surface area contributed by atoms with Gasteiger partial charge in [0.15, 0.2) is 5.78 Å². The molecule has 3 aromatic rings. The van der Waals surface area contributed by atoms with Crippen LogP contribution in [0.4, 0.5) is 16.5 Å². The average Bonchev–Trinajstić information content (AvgIpc) is 3.21. The second-order valence-corrected chi connectivity index (χ2v) is 9.94. The molecular weight excluding hydrogens is 528 g/mol. The first kappa shape index (κ1) is 25.9. The highest BCUT2D eigenvalue weighted by molar-refractivity contribution is 7.80. The van der Waals surface area contributed by atoms with Crippen molar-refractivity contribution in [2.24, 2.45) is 10.2 Å². The van der Waals surface area contributed by atoms with Crippen LogP contribution in [0.5, 0.6) is 5.75 Å². The second kappa shape index (κ2) is 11.3. The van der Waals surface area contributed by atoms with Gasteiger partial charge in [0, 0.05) is 24.4 Å². The Bertz CT molecular complexity index is 1420. The molecule has 1 aliphatic heterocycles. The van der Waals surface area contributed by atoms with Gasteiger partial charge < -0.3 is 9.64 Å². The molecule has 0 spiro atoms. The van der Waals surface area contributed by atoms with Crippen molar-refractivity contribution < 1.29 is 26.7 Å². The van der Waals surface area contributed by atoms with E-state index in [-0.39, 0.29) is 30.7 Å². The molecule has 36 heavy (non-hydrogen) atoms. The van der Waals surface area contributed by atoms with E-state index >= 15 is 0 Å². The lowest BCUT2D eigenvalue weighted by Crippen LogP contribution is -2.27. The molecule has 0 bridgehead atoms. The number of carbonyl (C=O) groups is 1. The molecule has 1 aliphatic rings. The molecule has 0 saturated carbocycles. The van der Waals surface area contributed by atoms with Crippen LogP contribution in [0.1, 0.15) is 22.2 Å². The topological polar surface area (TPSA) is 131 Å². The number of aromatic nitrogens is 1. The third kappa shape index (κ3) is 6.53. The fourth-order valence-electron chi connectivity index (χ4n) is 3.43. The lowest BCUT2D eigenvalue weighted by Gasteiger charge is -2.22. The molecule has 1 N–H and O–H groups in total. The largest absolute Gasteiger partial charge is 0.488 e. The molecule has 0 amide bonds. The maximum absolute atomic E-state index is 12.8. The molecule has 10 nitrogen and oxygen atoms in total. The predicted molar refractivity (Wildman–Crippen MR) is 137 cm³/mol. The fraction of sp³-hybridized carbons (Fsp3) is 0.217. The maximum Gasteiger partial charge on any atom is 0.397 e. The normalized spacial score (nSPS) is 14.8. The average molecular weight is 549 g/mol. The molecule has 0 saturated heterocycles. The van der Waals surface area contributed by atoms with Crippen molar-refractivity contribution in [1.82, 2.24) is 4.98 Å². The number of likely N-dealkylation sites (N-methyl/N-ethyl adjacent to an activating group) is 1. The molecule has 4 rings (SSSR count). The van der Waals surface area contributed by atoms with Crippen LogP contribution in [0.3, 0.4) is 0 Å². The highest BCUT2D eigenvalue weighted by Gasteiger charge is 2.23. The van der Waals surface area contributed by atoms with Gasteiger partial charge in [-0.15, -0.1) is 10.2 Å². The van der Waals surface area contributed by atoms with Crippen molar-refractivity contribution in [2.75, 3.05) is 31.2 Å². The van der Waals surface area contributed by atoms with E-state index < -0.39 is 10.4 Å². The van der Waals surface area contributed by atoms with Gasteiger partial charge in [0.25, 0.3) is 0 Å². The van der Waals surface area contributed by atoms with Gasteiger partial charge in [-0.3, -0.25) is 9.35 Å². The zero-order chi connectivity index (χ0) is 25.7. The number of nitrogens with zero attached hydrogens (tertiary/aromatic N) is 4. The number of benzene rings is 2. The molecule has 0 fully saturated rings. The molecule has 2 aromatic carbocycles. The van der Waals surface area contributed by atoms with Crippen molar-refractivity contribution in [2.45, 2.75) is 6.92 Å². The van der Waals surface area contributed by atoms with Crippen molar-refractivity contribution in [3.05, 3.63) is 69.7 Å². The number of ketones is 1. The lowest BCUT2D eigenvalue weighted by atomic mass is 10.00. The third-order valence-electron chi connectivity index (χ3n) is 5.15. The van der Waals surface area contributed by atoms with Gasteiger partial charge in [-0.25, -0.2) is 9.17 Å². The van der Waals surface area contributed by atoms with E-state index in [1.54, 1.807) is 36.4 Å². The number of carbonyl (C=O) groups excluding carboxylic acids is 1. The van der Waals surface area contributed by atoms with E-state index in [9.17, 15) is 13.2 Å². The van der Waals surface area contributed by atoms with Gasteiger partial charge in [-0.05, 0) is 49.4 Å². The van der Waals surface area contributed by atoms with Gasteiger partial charge in [0.1, 0.15) is 17.5 Å². The summed E-state index contributed by atoms with van der Waals surface area (Å²) in [5.41, 5.74) is 2.37. The Balaban J connectivity index is 1.42. The zero-order valence-electron chi connectivity index (χ0n) is 19.0. The number of anilines is 1. The van der Waals surface area contributed by atoms with Crippen LogP contribution in [0.25, 0.3) is 6.08 Å². The first-order valence-corrected chi connectivity index (χ1v) is 13.3. The molecule has 0 aliphatic carbocycles. The molecule has 188 valence electrons. The highest BCUT2D eigenvalue weighted by Crippen LogP contribution is 2.34. The Labute approximate surface area is 216 Å². The van der Waals surface area contributed by atoms with Crippen LogP contribution in [0, 0.1) is 0 Å². The van der Waals surface area contributed by atoms with Crippen LogP contribution in [0.15, 0.2) is 64.3 Å². The Kier molecular flexibility index (Phi) is 8.11. The number of halogens is 1. The monoisotopic (exact) mass is 548 g/mol. The molecule has 0 radical (unpaired) electrons. The summed E-state index contributed by atoms with van der Waals surface area (Å²) >= 11 is 7.47. The number of rotatable bonds is 9. The summed E-state index contributed by atoms with van der Waals surface area (Å²) in [6, 6.07) is 14.2. The summed E-state index contributed by atoms with van der Waals surface area (Å²) in [6.45, 7) is 2.74. The molecule has 2 heterocycles. The lowest BCUT2D eigenvalue weighted by molar-refractivity contribution is 0.100. The highest BCUT2D eigenvalue weighted by atomic mass is 35.5. The maximum atomic E-state index is 12.8. The van der Waals surface area contributed by atoms with Crippen LogP contribution >= 0.6 is 22.9 Å². The Morgan fingerprint density at radius 1 is 1.22 bits per heavy atom. The summed E-state index contributed by atoms with van der Waals surface area (Å²) in [4.78, 5) is 19.4. The second-order valence-electron chi connectivity index (χ2n) is 7.48. The van der Waals surface area contributed by atoms with Crippen molar-refractivity contribution >= 4 is 61.7 Å². The van der Waals surface area contributed by atoms with Gasteiger partial charge >= 0.3 is 10.4 Å². The minimum Gasteiger partial charge on any atom is -0.488 e. The quantitative estimate of drug-likeness (QED) is 0.210. The minimum atomic E-state index is -4.47. The first-order valence-electron chi connectivity index (χ1n) is 10.8. The summed E-state index contributed by atoms with van der Waals surface area (Å²) in [7, 11) is -4.47. The van der Waals surface area contributed by atoms with E-state index in [0.29, 0.717) is 39.1 Å². The number of ether oxygens (including phenoxy) is 1. The molecule has 0 atom stereocenters. The van der Waals surface area contributed by atoms with E-state index in [1.807, 2.05) is 30.0 Å². The zero-order valence-corrected chi connectivity index (χ0v) is 21.4. The third-order valence-corrected chi connectivity index (χ3v) is 6.90. The molecular formula is C23H21ClN4O6S2. The summed E-state index contributed by atoms with van der Waals surface area (Å²) < 4.78 is 40.1. The van der Waals surface area contributed by atoms with Gasteiger partial charge in [-0.2, -0.15) is 8.42 Å². The van der Waals surface area contributed by atoms with Crippen LogP contribution in [0.2, 0.25) is 5.15 Å². The van der Waals surface area contributed by atoms with E-state index in [0.717, 1.165) is 5.69 Å². The summed E-state index contributed by atoms with van der Waals surface area (Å²) in [6.07, 6.45) is 1.66. The number of thiazole rings is 1. The van der Waals surface area contributed by atoms with E-state index in [1.165, 1.54) is 11.3 Å². The number of hydrogen-bond acceptors (Lipinski definition) is 10.